The first-order valence-electron chi connectivity index (χ1n) is 8.93. The van der Waals surface area contributed by atoms with Crippen molar-refractivity contribution in [3.8, 4) is 0 Å². The molecule has 4 bridgehead atoms. The van der Waals surface area contributed by atoms with Crippen LogP contribution in [0.3, 0.4) is 0 Å². The fourth-order valence-electron chi connectivity index (χ4n) is 6.09. The Balaban J connectivity index is 1.43. The van der Waals surface area contributed by atoms with Crippen LogP contribution in [0.15, 0.2) is 0 Å². The summed E-state index contributed by atoms with van der Waals surface area (Å²) >= 11 is 0. The quantitative estimate of drug-likeness (QED) is 0.696. The molecule has 2 N–H and O–H groups in total. The topological polar surface area (TPSA) is 24.1 Å². The zero-order chi connectivity index (χ0) is 14.2. The zero-order valence-electron chi connectivity index (χ0n) is 13.8. The molecule has 0 aliphatic heterocycles. The van der Waals surface area contributed by atoms with E-state index in [1.54, 1.807) is 6.42 Å². The van der Waals surface area contributed by atoms with E-state index in [-0.39, 0.29) is 0 Å². The molecule has 4 aliphatic rings. The van der Waals surface area contributed by atoms with Crippen molar-refractivity contribution in [2.24, 2.45) is 22.7 Å². The lowest BCUT2D eigenvalue weighted by atomic mass is 9.44. The average molecular weight is 278 g/mol. The molecule has 116 valence electrons. The van der Waals surface area contributed by atoms with Crippen LogP contribution in [0.25, 0.3) is 0 Å². The zero-order valence-corrected chi connectivity index (χ0v) is 13.8. The maximum atomic E-state index is 3.79. The molecule has 20 heavy (non-hydrogen) atoms. The molecule has 2 nitrogen and oxygen atoms in total. The van der Waals surface area contributed by atoms with Gasteiger partial charge in [0.1, 0.15) is 0 Å². The lowest BCUT2D eigenvalue weighted by molar-refractivity contribution is -0.0997. The Morgan fingerprint density at radius 3 is 2.35 bits per heavy atom. The normalized spacial score (nSPS) is 42.6. The van der Waals surface area contributed by atoms with Gasteiger partial charge in [-0.05, 0) is 80.7 Å². The van der Waals surface area contributed by atoms with Gasteiger partial charge in [-0.15, -0.1) is 0 Å². The Bertz CT molecular complexity index is 322. The van der Waals surface area contributed by atoms with E-state index in [1.165, 1.54) is 51.6 Å². The van der Waals surface area contributed by atoms with E-state index in [0.717, 1.165) is 18.4 Å². The highest BCUT2D eigenvalue weighted by Crippen LogP contribution is 2.64. The van der Waals surface area contributed by atoms with E-state index >= 15 is 0 Å². The number of nitrogens with one attached hydrogen (secondary N) is 2. The fraction of sp³-hybridized carbons (Fsp3) is 1.00. The second-order valence-corrected chi connectivity index (χ2v) is 8.91. The molecule has 0 heterocycles. The van der Waals surface area contributed by atoms with Crippen molar-refractivity contribution in [3.05, 3.63) is 0 Å². The fourth-order valence-corrected chi connectivity index (χ4v) is 6.09. The standard InChI is InChI=1S/C18H34N2/c1-14(2)20-6-4-5-19-13-18-10-15-7-16(11-18)9-17(3,8-15)12-18/h14-16,19-20H,4-13H2,1-3H3. The summed E-state index contributed by atoms with van der Waals surface area (Å²) in [4.78, 5) is 0. The Labute approximate surface area is 125 Å². The van der Waals surface area contributed by atoms with Crippen molar-refractivity contribution in [3.63, 3.8) is 0 Å². The van der Waals surface area contributed by atoms with Gasteiger partial charge in [-0.3, -0.25) is 0 Å². The molecule has 2 unspecified atom stereocenters. The van der Waals surface area contributed by atoms with Crippen molar-refractivity contribution in [2.45, 2.75) is 71.8 Å². The summed E-state index contributed by atoms with van der Waals surface area (Å²) in [5.74, 6) is 2.12. The minimum Gasteiger partial charge on any atom is -0.316 e. The van der Waals surface area contributed by atoms with Gasteiger partial charge in [-0.25, -0.2) is 0 Å². The van der Waals surface area contributed by atoms with E-state index in [1.807, 2.05) is 0 Å². The lowest BCUT2D eigenvalue weighted by Gasteiger charge is -2.61. The first-order valence-corrected chi connectivity index (χ1v) is 8.93. The summed E-state index contributed by atoms with van der Waals surface area (Å²) in [5, 5.41) is 7.30. The van der Waals surface area contributed by atoms with Crippen LogP contribution in [-0.2, 0) is 0 Å². The van der Waals surface area contributed by atoms with Gasteiger partial charge in [-0.1, -0.05) is 20.8 Å². The molecule has 4 rings (SSSR count). The molecule has 0 amide bonds. The van der Waals surface area contributed by atoms with Gasteiger partial charge in [0, 0.05) is 12.6 Å². The second kappa shape index (κ2) is 5.61. The minimum atomic E-state index is 0.623. The van der Waals surface area contributed by atoms with E-state index in [4.69, 9.17) is 0 Å². The first kappa shape index (κ1) is 14.8. The maximum absolute atomic E-state index is 3.79. The van der Waals surface area contributed by atoms with Gasteiger partial charge in [0.25, 0.3) is 0 Å². The third-order valence-electron chi connectivity index (χ3n) is 6.06. The second-order valence-electron chi connectivity index (χ2n) is 8.91. The molecular formula is C18H34N2. The Kier molecular flexibility index (Phi) is 4.16. The molecule has 4 saturated carbocycles. The highest BCUT2D eigenvalue weighted by molar-refractivity contribution is 5.06. The van der Waals surface area contributed by atoms with E-state index in [2.05, 4.69) is 31.4 Å². The van der Waals surface area contributed by atoms with Crippen molar-refractivity contribution in [2.75, 3.05) is 19.6 Å². The van der Waals surface area contributed by atoms with Gasteiger partial charge >= 0.3 is 0 Å². The highest BCUT2D eigenvalue weighted by Gasteiger charge is 2.55. The van der Waals surface area contributed by atoms with E-state index < -0.39 is 0 Å². The van der Waals surface area contributed by atoms with Crippen molar-refractivity contribution in [1.29, 1.82) is 0 Å². The smallest absolute Gasteiger partial charge is 0.00103 e. The van der Waals surface area contributed by atoms with Crippen LogP contribution >= 0.6 is 0 Å². The Morgan fingerprint density at radius 2 is 1.75 bits per heavy atom. The Hall–Kier alpha value is -0.0800. The van der Waals surface area contributed by atoms with Gasteiger partial charge in [0.2, 0.25) is 0 Å². The predicted octanol–water partition coefficient (Wildman–Crippen LogP) is 3.57. The summed E-state index contributed by atoms with van der Waals surface area (Å²) in [6.45, 7) is 10.7. The molecule has 0 radical (unpaired) electrons. The lowest BCUT2D eigenvalue weighted by Crippen LogP contribution is -2.54. The third-order valence-corrected chi connectivity index (χ3v) is 6.06. The van der Waals surface area contributed by atoms with Crippen LogP contribution in [0, 0.1) is 22.7 Å². The molecule has 0 aromatic heterocycles. The summed E-state index contributed by atoms with van der Waals surface area (Å²) in [6.07, 6.45) is 10.4. The van der Waals surface area contributed by atoms with Crippen LogP contribution < -0.4 is 10.6 Å². The number of hydrogen-bond donors (Lipinski definition) is 2. The summed E-state index contributed by atoms with van der Waals surface area (Å²) in [5.41, 5.74) is 1.37. The minimum absolute atomic E-state index is 0.623. The first-order chi connectivity index (χ1) is 9.49. The van der Waals surface area contributed by atoms with Crippen LogP contribution in [0.5, 0.6) is 0 Å². The van der Waals surface area contributed by atoms with Crippen molar-refractivity contribution >= 4 is 0 Å². The van der Waals surface area contributed by atoms with E-state index in [9.17, 15) is 0 Å². The van der Waals surface area contributed by atoms with Gasteiger partial charge in [0.15, 0.2) is 0 Å². The van der Waals surface area contributed by atoms with Crippen LogP contribution in [0.4, 0.5) is 0 Å². The molecule has 2 heteroatoms. The summed E-state index contributed by atoms with van der Waals surface area (Å²) in [6, 6.07) is 0.623. The Morgan fingerprint density at radius 1 is 1.05 bits per heavy atom. The monoisotopic (exact) mass is 278 g/mol. The molecule has 2 atom stereocenters. The van der Waals surface area contributed by atoms with Crippen LogP contribution in [0.1, 0.15) is 65.7 Å². The molecule has 0 aromatic carbocycles. The molecule has 0 aromatic rings. The van der Waals surface area contributed by atoms with Crippen molar-refractivity contribution in [1.82, 2.24) is 10.6 Å². The largest absolute Gasteiger partial charge is 0.316 e. The van der Waals surface area contributed by atoms with Crippen LogP contribution in [0.2, 0.25) is 0 Å². The third kappa shape index (κ3) is 3.22. The molecule has 0 saturated heterocycles. The SMILES string of the molecule is CC(C)NCCCNCC12CC3CC(CC(C)(C3)C1)C2. The average Bonchev–Trinajstić information content (AvgIpc) is 2.30. The van der Waals surface area contributed by atoms with Crippen LogP contribution in [-0.4, -0.2) is 25.7 Å². The molecule has 4 fully saturated rings. The maximum Gasteiger partial charge on any atom is 0.00103 e. The van der Waals surface area contributed by atoms with E-state index in [0.29, 0.717) is 16.9 Å². The molecule has 0 spiro atoms. The predicted molar refractivity (Wildman–Crippen MR) is 85.8 cm³/mol. The highest BCUT2D eigenvalue weighted by atomic mass is 14.9. The van der Waals surface area contributed by atoms with Crippen molar-refractivity contribution < 1.29 is 0 Å². The summed E-state index contributed by atoms with van der Waals surface area (Å²) in [7, 11) is 0. The number of rotatable bonds is 7. The van der Waals surface area contributed by atoms with Gasteiger partial charge in [-0.2, -0.15) is 0 Å². The number of hydrogen-bond acceptors (Lipinski definition) is 2. The van der Waals surface area contributed by atoms with Gasteiger partial charge < -0.3 is 10.6 Å². The van der Waals surface area contributed by atoms with Gasteiger partial charge in [0.05, 0.1) is 0 Å². The molecular weight excluding hydrogens is 244 g/mol. The molecule has 4 aliphatic carbocycles. The summed E-state index contributed by atoms with van der Waals surface area (Å²) < 4.78 is 0.